The molecule has 0 bridgehead atoms. The molecule has 166 valence electrons. The zero-order valence-electron chi connectivity index (χ0n) is 16.3. The minimum absolute atomic E-state index is 0.0173. The maximum atomic E-state index is 12.9. The largest absolute Gasteiger partial charge is 0.460 e. The van der Waals surface area contributed by atoms with Gasteiger partial charge in [-0.15, -0.1) is 0 Å². The highest BCUT2D eigenvalue weighted by atomic mass is 32.2. The second-order valence-electron chi connectivity index (χ2n) is 6.40. The van der Waals surface area contributed by atoms with E-state index in [0.717, 1.165) is 35.7 Å². The van der Waals surface area contributed by atoms with E-state index in [1.54, 1.807) is 12.1 Å². The van der Waals surface area contributed by atoms with Gasteiger partial charge in [0.05, 0.1) is 22.6 Å². The van der Waals surface area contributed by atoms with Crippen molar-refractivity contribution >= 4 is 38.9 Å². The van der Waals surface area contributed by atoms with Crippen LogP contribution in [-0.4, -0.2) is 31.2 Å². The molecule has 0 saturated carbocycles. The molecule has 1 aromatic heterocycles. The van der Waals surface area contributed by atoms with Gasteiger partial charge in [0.15, 0.2) is 0 Å². The van der Waals surface area contributed by atoms with Gasteiger partial charge in [0.2, 0.25) is 0 Å². The van der Waals surface area contributed by atoms with Crippen molar-refractivity contribution in [1.82, 2.24) is 4.98 Å². The number of hydrogen-bond acceptors (Lipinski definition) is 8. The van der Waals surface area contributed by atoms with E-state index in [1.807, 2.05) is 0 Å². The number of pyridine rings is 1. The number of carbonyl (C=O) groups excluding carboxylic acids is 1. The highest BCUT2D eigenvalue weighted by Crippen LogP contribution is 2.31. The molecule has 1 heterocycles. The molecule has 0 aliphatic heterocycles. The molecule has 2 atom stereocenters. The maximum Gasteiger partial charge on any atom is 0.416 e. The molecule has 11 heteroatoms. The molecule has 0 amide bonds. The number of aliphatic hydroxyl groups is 1. The number of halogens is 3. The molecule has 31 heavy (non-hydrogen) atoms. The summed E-state index contributed by atoms with van der Waals surface area (Å²) in [6.45, 7) is 1.13. The molecule has 0 spiro atoms. The highest BCUT2D eigenvalue weighted by Gasteiger charge is 2.32. The van der Waals surface area contributed by atoms with Crippen molar-refractivity contribution in [3.05, 3.63) is 65.5 Å². The number of alkyl halides is 3. The summed E-state index contributed by atoms with van der Waals surface area (Å²) in [6.07, 6.45) is -2.90. The molecule has 2 unspecified atom stereocenters. The smallest absolute Gasteiger partial charge is 0.416 e. The lowest BCUT2D eigenvalue weighted by Gasteiger charge is -2.21. The van der Waals surface area contributed by atoms with Gasteiger partial charge in [0.25, 0.3) is 0 Å². The normalized spacial score (nSPS) is 13.3. The summed E-state index contributed by atoms with van der Waals surface area (Å²) in [5, 5.41) is 26.1. The number of ether oxygens (including phenoxy) is 1. The Morgan fingerprint density at radius 1 is 1.26 bits per heavy atom. The number of rotatable bonds is 7. The van der Waals surface area contributed by atoms with Crippen LogP contribution in [0.15, 0.2) is 48.8 Å². The summed E-state index contributed by atoms with van der Waals surface area (Å²) in [7, 11) is 0. The Balaban J connectivity index is 2.12. The summed E-state index contributed by atoms with van der Waals surface area (Å²) in [4.78, 5) is 16.6. The molecule has 2 aromatic rings. The van der Waals surface area contributed by atoms with Crippen molar-refractivity contribution < 1.29 is 27.8 Å². The molecule has 0 saturated heterocycles. The fourth-order valence-corrected chi connectivity index (χ4v) is 4.25. The van der Waals surface area contributed by atoms with Crippen LogP contribution in [0.25, 0.3) is 0 Å². The van der Waals surface area contributed by atoms with Crippen molar-refractivity contribution in [3.63, 3.8) is 0 Å². The van der Waals surface area contributed by atoms with Crippen LogP contribution >= 0.6 is 23.5 Å². The van der Waals surface area contributed by atoms with Crippen LogP contribution in [0.5, 0.6) is 0 Å². The number of aromatic nitrogens is 1. The molecular formula is C20H20F3N3O3S2. The van der Waals surface area contributed by atoms with Gasteiger partial charge in [-0.3, -0.25) is 20.6 Å². The summed E-state index contributed by atoms with van der Waals surface area (Å²) >= 11 is 1.87. The Morgan fingerprint density at radius 2 is 2.00 bits per heavy atom. The number of aliphatic hydroxyl groups excluding tert-OH is 1. The van der Waals surface area contributed by atoms with E-state index in [2.05, 4.69) is 4.98 Å². The Labute approximate surface area is 185 Å². The van der Waals surface area contributed by atoms with Gasteiger partial charge in [0, 0.05) is 18.1 Å². The van der Waals surface area contributed by atoms with Crippen LogP contribution in [0.3, 0.4) is 0 Å². The second-order valence-corrected chi connectivity index (χ2v) is 8.91. The standard InChI is InChI=1S/C20H20F3N3O3S2/c1-12(24)31-19(25)30-11-16(17(27)14-5-3-7-26-9-14)18(28)29-10-13-4-2-6-15(8-13)20(21,22)23/h2-9,16-17,24-25,27H,10-11H2,1H3. The Hall–Kier alpha value is -2.37. The molecule has 3 N–H and O–H groups in total. The predicted octanol–water partition coefficient (Wildman–Crippen LogP) is 4.89. The van der Waals surface area contributed by atoms with E-state index in [0.29, 0.717) is 5.56 Å². The molecular weight excluding hydrogens is 451 g/mol. The zero-order chi connectivity index (χ0) is 23.0. The topological polar surface area (TPSA) is 107 Å². The molecule has 0 aliphatic rings. The Bertz CT molecular complexity index is 927. The van der Waals surface area contributed by atoms with Crippen LogP contribution in [0.2, 0.25) is 0 Å². The molecule has 0 radical (unpaired) electrons. The number of nitrogens with zero attached hydrogens (tertiary/aromatic N) is 1. The van der Waals surface area contributed by atoms with Crippen molar-refractivity contribution in [1.29, 1.82) is 10.8 Å². The van der Waals surface area contributed by atoms with Gasteiger partial charge in [-0.2, -0.15) is 13.2 Å². The van der Waals surface area contributed by atoms with E-state index >= 15 is 0 Å². The summed E-state index contributed by atoms with van der Waals surface area (Å²) in [6, 6.07) is 7.62. The Morgan fingerprint density at radius 3 is 2.61 bits per heavy atom. The van der Waals surface area contributed by atoms with Gasteiger partial charge in [-0.1, -0.05) is 30.0 Å². The van der Waals surface area contributed by atoms with E-state index in [-0.39, 0.29) is 20.7 Å². The lowest BCUT2D eigenvalue weighted by atomic mass is 9.99. The zero-order valence-corrected chi connectivity index (χ0v) is 18.0. The monoisotopic (exact) mass is 471 g/mol. The average Bonchev–Trinajstić information content (AvgIpc) is 2.72. The molecule has 0 aliphatic carbocycles. The molecule has 1 aromatic carbocycles. The molecule has 0 fully saturated rings. The second kappa shape index (κ2) is 11.3. The maximum absolute atomic E-state index is 12.9. The number of benzene rings is 1. The van der Waals surface area contributed by atoms with E-state index < -0.39 is 36.3 Å². The summed E-state index contributed by atoms with van der Waals surface area (Å²) in [5.41, 5.74) is -0.323. The number of esters is 1. The third-order valence-electron chi connectivity index (χ3n) is 3.98. The lowest BCUT2D eigenvalue weighted by Crippen LogP contribution is -2.27. The number of hydrogen-bond donors (Lipinski definition) is 3. The van der Waals surface area contributed by atoms with Gasteiger partial charge in [-0.25, -0.2) is 0 Å². The first-order valence-corrected chi connectivity index (χ1v) is 10.7. The van der Waals surface area contributed by atoms with E-state index in [9.17, 15) is 23.1 Å². The van der Waals surface area contributed by atoms with Crippen LogP contribution in [0, 0.1) is 16.7 Å². The summed E-state index contributed by atoms with van der Waals surface area (Å²) in [5.74, 6) is -1.92. The first kappa shape index (κ1) is 24.9. The van der Waals surface area contributed by atoms with Crippen molar-refractivity contribution in [2.75, 3.05) is 5.75 Å². The van der Waals surface area contributed by atoms with Crippen molar-refractivity contribution in [2.24, 2.45) is 5.92 Å². The SMILES string of the molecule is CC(=N)SC(=N)SCC(C(=O)OCc1cccc(C(F)(F)F)c1)C(O)c1cccnc1. The van der Waals surface area contributed by atoms with Gasteiger partial charge >= 0.3 is 12.1 Å². The number of thioether (sulfide) groups is 2. The van der Waals surface area contributed by atoms with Gasteiger partial charge in [-0.05, 0) is 48.0 Å². The van der Waals surface area contributed by atoms with Crippen LogP contribution in [-0.2, 0) is 22.3 Å². The van der Waals surface area contributed by atoms with Crippen molar-refractivity contribution in [2.45, 2.75) is 25.8 Å². The van der Waals surface area contributed by atoms with Crippen molar-refractivity contribution in [3.8, 4) is 0 Å². The quantitative estimate of drug-likeness (QED) is 0.302. The number of nitrogens with one attached hydrogen (secondary N) is 2. The van der Waals surface area contributed by atoms with Crippen LogP contribution in [0.1, 0.15) is 29.7 Å². The first-order valence-electron chi connectivity index (χ1n) is 8.93. The molecule has 2 rings (SSSR count). The first-order chi connectivity index (χ1) is 14.6. The minimum Gasteiger partial charge on any atom is -0.460 e. The van der Waals surface area contributed by atoms with Gasteiger partial charge in [0.1, 0.15) is 11.0 Å². The third-order valence-corrected chi connectivity index (χ3v) is 5.87. The number of carbonyl (C=O) groups is 1. The molecule has 6 nitrogen and oxygen atoms in total. The van der Waals surface area contributed by atoms with Crippen LogP contribution < -0.4 is 0 Å². The Kier molecular flexibility index (Phi) is 9.08. The fourth-order valence-electron chi connectivity index (χ4n) is 2.50. The third kappa shape index (κ3) is 8.00. The lowest BCUT2D eigenvalue weighted by molar-refractivity contribution is -0.153. The average molecular weight is 472 g/mol. The minimum atomic E-state index is -4.51. The van der Waals surface area contributed by atoms with E-state index in [1.165, 1.54) is 31.5 Å². The highest BCUT2D eigenvalue weighted by molar-refractivity contribution is 8.44. The summed E-state index contributed by atoms with van der Waals surface area (Å²) < 4.78 is 43.9. The van der Waals surface area contributed by atoms with Gasteiger partial charge < -0.3 is 9.84 Å². The fraction of sp³-hybridized carbons (Fsp3) is 0.300. The van der Waals surface area contributed by atoms with Crippen LogP contribution in [0.4, 0.5) is 13.2 Å². The van der Waals surface area contributed by atoms with E-state index in [4.69, 9.17) is 15.6 Å². The predicted molar refractivity (Wildman–Crippen MR) is 115 cm³/mol.